The molecule has 0 spiro atoms. The minimum atomic E-state index is 0.275. The van der Waals surface area contributed by atoms with Crippen molar-refractivity contribution in [3.8, 4) is 11.4 Å². The number of anilines is 2. The molecule has 4 heterocycles. The SMILES string of the molecule is CC(C)Nc1nccc(-c2cnc3c(NC4CCNCC4)nccn23)n1. The first-order chi connectivity index (χ1) is 12.7. The average molecular weight is 352 g/mol. The van der Waals surface area contributed by atoms with Crippen LogP contribution in [0.15, 0.2) is 30.9 Å². The Bertz CT molecular complexity index is 882. The number of imidazole rings is 1. The lowest BCUT2D eigenvalue weighted by Gasteiger charge is -2.24. The zero-order chi connectivity index (χ0) is 17.9. The van der Waals surface area contributed by atoms with Gasteiger partial charge < -0.3 is 16.0 Å². The van der Waals surface area contributed by atoms with E-state index >= 15 is 0 Å². The molecule has 3 N–H and O–H groups in total. The molecule has 8 heteroatoms. The van der Waals surface area contributed by atoms with Gasteiger partial charge in [0.15, 0.2) is 11.5 Å². The number of fused-ring (bicyclic) bond motifs is 1. The van der Waals surface area contributed by atoms with Crippen molar-refractivity contribution in [3.05, 3.63) is 30.9 Å². The van der Waals surface area contributed by atoms with E-state index in [2.05, 4.69) is 49.7 Å². The summed E-state index contributed by atoms with van der Waals surface area (Å²) in [6.07, 6.45) is 9.51. The van der Waals surface area contributed by atoms with Crippen LogP contribution < -0.4 is 16.0 Å². The van der Waals surface area contributed by atoms with E-state index in [9.17, 15) is 0 Å². The van der Waals surface area contributed by atoms with Crippen LogP contribution in [0.1, 0.15) is 26.7 Å². The first-order valence-electron chi connectivity index (χ1n) is 9.10. The lowest BCUT2D eigenvalue weighted by atomic mass is 10.1. The number of hydrogen-bond acceptors (Lipinski definition) is 7. The molecule has 26 heavy (non-hydrogen) atoms. The van der Waals surface area contributed by atoms with E-state index in [1.165, 1.54) is 0 Å². The highest BCUT2D eigenvalue weighted by Gasteiger charge is 2.17. The summed E-state index contributed by atoms with van der Waals surface area (Å²) in [7, 11) is 0. The van der Waals surface area contributed by atoms with Gasteiger partial charge in [0.2, 0.25) is 5.95 Å². The van der Waals surface area contributed by atoms with E-state index < -0.39 is 0 Å². The Morgan fingerprint density at radius 2 is 2.00 bits per heavy atom. The first-order valence-corrected chi connectivity index (χ1v) is 9.10. The van der Waals surface area contributed by atoms with Gasteiger partial charge in [0, 0.05) is 30.7 Å². The molecule has 0 aromatic carbocycles. The summed E-state index contributed by atoms with van der Waals surface area (Å²) in [6, 6.07) is 2.60. The smallest absolute Gasteiger partial charge is 0.223 e. The fourth-order valence-corrected chi connectivity index (χ4v) is 3.20. The predicted octanol–water partition coefficient (Wildman–Crippen LogP) is 2.17. The Kier molecular flexibility index (Phi) is 4.66. The molecule has 3 aromatic rings. The zero-order valence-corrected chi connectivity index (χ0v) is 15.1. The lowest BCUT2D eigenvalue weighted by molar-refractivity contribution is 0.478. The Balaban J connectivity index is 1.66. The highest BCUT2D eigenvalue weighted by molar-refractivity contribution is 5.69. The van der Waals surface area contributed by atoms with Gasteiger partial charge in [-0.25, -0.2) is 19.9 Å². The van der Waals surface area contributed by atoms with E-state index in [1.807, 2.05) is 22.9 Å². The minimum absolute atomic E-state index is 0.275. The van der Waals surface area contributed by atoms with Crippen molar-refractivity contribution in [2.45, 2.75) is 38.8 Å². The second kappa shape index (κ2) is 7.25. The second-order valence-electron chi connectivity index (χ2n) is 6.85. The molecule has 3 aromatic heterocycles. The molecule has 1 aliphatic heterocycles. The number of nitrogens with zero attached hydrogens (tertiary/aromatic N) is 5. The molecule has 0 radical (unpaired) electrons. The third-order valence-electron chi connectivity index (χ3n) is 4.44. The summed E-state index contributed by atoms with van der Waals surface area (Å²) in [5.41, 5.74) is 2.57. The van der Waals surface area contributed by atoms with Crippen LogP contribution in [0.3, 0.4) is 0 Å². The maximum Gasteiger partial charge on any atom is 0.223 e. The van der Waals surface area contributed by atoms with E-state index in [0.29, 0.717) is 12.0 Å². The Morgan fingerprint density at radius 3 is 2.81 bits per heavy atom. The van der Waals surface area contributed by atoms with E-state index in [1.54, 1.807) is 12.4 Å². The molecule has 0 bridgehead atoms. The topological polar surface area (TPSA) is 92.1 Å². The molecule has 0 saturated carbocycles. The van der Waals surface area contributed by atoms with Gasteiger partial charge in [0.1, 0.15) is 0 Å². The van der Waals surface area contributed by atoms with Gasteiger partial charge in [-0.15, -0.1) is 0 Å². The maximum absolute atomic E-state index is 4.62. The monoisotopic (exact) mass is 352 g/mol. The van der Waals surface area contributed by atoms with Crippen LogP contribution in [0.4, 0.5) is 11.8 Å². The van der Waals surface area contributed by atoms with Gasteiger partial charge in [-0.1, -0.05) is 0 Å². The number of aromatic nitrogens is 5. The van der Waals surface area contributed by atoms with Gasteiger partial charge in [0.05, 0.1) is 17.6 Å². The van der Waals surface area contributed by atoms with Crippen molar-refractivity contribution < 1.29 is 0 Å². The van der Waals surface area contributed by atoms with Crippen LogP contribution >= 0.6 is 0 Å². The van der Waals surface area contributed by atoms with Gasteiger partial charge in [0.25, 0.3) is 0 Å². The van der Waals surface area contributed by atoms with E-state index in [0.717, 1.165) is 48.8 Å². The highest BCUT2D eigenvalue weighted by Crippen LogP contribution is 2.23. The molecule has 136 valence electrons. The van der Waals surface area contributed by atoms with Crippen molar-refractivity contribution in [2.24, 2.45) is 0 Å². The van der Waals surface area contributed by atoms with Crippen molar-refractivity contribution in [3.63, 3.8) is 0 Å². The predicted molar refractivity (Wildman–Crippen MR) is 102 cm³/mol. The van der Waals surface area contributed by atoms with Gasteiger partial charge >= 0.3 is 0 Å². The summed E-state index contributed by atoms with van der Waals surface area (Å²) >= 11 is 0. The molecular formula is C18H24N8. The van der Waals surface area contributed by atoms with Crippen LogP contribution in [0.5, 0.6) is 0 Å². The molecule has 0 aliphatic carbocycles. The molecule has 1 fully saturated rings. The summed E-state index contributed by atoms with van der Waals surface area (Å²) in [5.74, 6) is 1.44. The minimum Gasteiger partial charge on any atom is -0.364 e. The van der Waals surface area contributed by atoms with Crippen molar-refractivity contribution in [1.29, 1.82) is 0 Å². The van der Waals surface area contributed by atoms with Gasteiger partial charge in [-0.3, -0.25) is 4.40 Å². The number of rotatable bonds is 5. The fraction of sp³-hybridized carbons (Fsp3) is 0.444. The number of hydrogen-bond donors (Lipinski definition) is 3. The summed E-state index contributed by atoms with van der Waals surface area (Å²) in [6.45, 7) is 6.20. The van der Waals surface area contributed by atoms with Crippen LogP contribution in [0, 0.1) is 0 Å². The maximum atomic E-state index is 4.62. The standard InChI is InChI=1S/C18H24N8/c1-12(2)23-18-21-8-5-14(25-18)15-11-22-17-16(20-9-10-26(15)17)24-13-3-6-19-7-4-13/h5,8-13,19H,3-4,6-7H2,1-2H3,(H,20,24)(H,21,23,25). The van der Waals surface area contributed by atoms with Crippen LogP contribution in [-0.4, -0.2) is 49.5 Å². The lowest BCUT2D eigenvalue weighted by Crippen LogP contribution is -2.35. The Morgan fingerprint density at radius 1 is 1.15 bits per heavy atom. The van der Waals surface area contributed by atoms with Crippen LogP contribution in [0.2, 0.25) is 0 Å². The highest BCUT2D eigenvalue weighted by atomic mass is 15.1. The molecule has 1 aliphatic rings. The largest absolute Gasteiger partial charge is 0.364 e. The quantitative estimate of drug-likeness (QED) is 0.648. The third kappa shape index (κ3) is 3.45. The number of piperidine rings is 1. The van der Waals surface area contributed by atoms with Crippen molar-refractivity contribution >= 4 is 17.4 Å². The first kappa shape index (κ1) is 16.7. The molecular weight excluding hydrogens is 328 g/mol. The Hall–Kier alpha value is -2.74. The molecule has 4 rings (SSSR count). The Labute approximate surface area is 152 Å². The van der Waals surface area contributed by atoms with Crippen molar-refractivity contribution in [1.82, 2.24) is 29.7 Å². The second-order valence-corrected chi connectivity index (χ2v) is 6.85. The molecule has 8 nitrogen and oxygen atoms in total. The zero-order valence-electron chi connectivity index (χ0n) is 15.1. The molecule has 1 saturated heterocycles. The fourth-order valence-electron chi connectivity index (χ4n) is 3.20. The van der Waals surface area contributed by atoms with E-state index in [-0.39, 0.29) is 6.04 Å². The molecule has 0 atom stereocenters. The van der Waals surface area contributed by atoms with Gasteiger partial charge in [-0.05, 0) is 45.8 Å². The summed E-state index contributed by atoms with van der Waals surface area (Å²) in [4.78, 5) is 18.0. The van der Waals surface area contributed by atoms with Crippen molar-refractivity contribution in [2.75, 3.05) is 23.7 Å². The average Bonchev–Trinajstić information content (AvgIpc) is 3.07. The normalized spacial score (nSPS) is 15.5. The van der Waals surface area contributed by atoms with Crippen LogP contribution in [-0.2, 0) is 0 Å². The number of nitrogens with one attached hydrogen (secondary N) is 3. The van der Waals surface area contributed by atoms with Crippen LogP contribution in [0.25, 0.3) is 17.0 Å². The summed E-state index contributed by atoms with van der Waals surface area (Å²) < 4.78 is 2.03. The molecule has 0 amide bonds. The van der Waals surface area contributed by atoms with Gasteiger partial charge in [-0.2, -0.15) is 0 Å². The summed E-state index contributed by atoms with van der Waals surface area (Å²) in [5, 5.41) is 10.2. The van der Waals surface area contributed by atoms with E-state index in [4.69, 9.17) is 0 Å². The third-order valence-corrected chi connectivity index (χ3v) is 4.44. The molecule has 0 unspecified atom stereocenters.